The summed E-state index contributed by atoms with van der Waals surface area (Å²) in [6, 6.07) is 0. The second-order valence-corrected chi connectivity index (χ2v) is 8.98. The van der Waals surface area contributed by atoms with Crippen molar-refractivity contribution in [1.82, 2.24) is 0 Å². The van der Waals surface area contributed by atoms with Crippen LogP contribution >= 0.6 is 0 Å². The lowest BCUT2D eigenvalue weighted by molar-refractivity contribution is -0.153. The highest BCUT2D eigenvalue weighted by Gasteiger charge is 2.63. The van der Waals surface area contributed by atoms with Crippen molar-refractivity contribution in [3.05, 3.63) is 0 Å². The largest absolute Gasteiger partial charge is 0.396 e. The molecule has 1 fully saturated rings. The van der Waals surface area contributed by atoms with E-state index in [9.17, 15) is 9.59 Å². The highest BCUT2D eigenvalue weighted by Crippen LogP contribution is 2.52. The quantitative estimate of drug-likeness (QED) is 0.216. The van der Waals surface area contributed by atoms with Gasteiger partial charge in [0.2, 0.25) is 0 Å². The van der Waals surface area contributed by atoms with Gasteiger partial charge in [0, 0.05) is 13.2 Å². The third-order valence-corrected chi connectivity index (χ3v) is 7.52. The Hall–Kier alpha value is -0.723. The number of ether oxygens (including phenoxy) is 1. The summed E-state index contributed by atoms with van der Waals surface area (Å²) >= 11 is 0. The fourth-order valence-electron chi connectivity index (χ4n) is 3.36. The highest BCUT2D eigenvalue weighted by molar-refractivity contribution is 6.56. The Kier molecular flexibility index (Phi) is 9.77. The number of unbranched alkanes of at least 4 members (excludes halogenated alkanes) is 2. The van der Waals surface area contributed by atoms with Gasteiger partial charge < -0.3 is 13.6 Å². The third kappa shape index (κ3) is 4.89. The fourth-order valence-corrected chi connectivity index (χ4v) is 6.22. The maximum absolute atomic E-state index is 12.7. The van der Waals surface area contributed by atoms with E-state index in [4.69, 9.17) is 13.6 Å². The first-order valence-corrected chi connectivity index (χ1v) is 11.1. The van der Waals surface area contributed by atoms with Crippen molar-refractivity contribution in [3.63, 3.8) is 0 Å². The van der Waals surface area contributed by atoms with E-state index < -0.39 is 26.2 Å². The van der Waals surface area contributed by atoms with E-state index in [2.05, 4.69) is 13.8 Å². The van der Waals surface area contributed by atoms with Gasteiger partial charge >= 0.3 is 21.2 Å². The van der Waals surface area contributed by atoms with Gasteiger partial charge in [-0.1, -0.05) is 53.4 Å². The molecule has 2 atom stereocenters. The predicted octanol–water partition coefficient (Wildman–Crippen LogP) is 3.88. The molecule has 0 aromatic heterocycles. The zero-order valence-electron chi connectivity index (χ0n) is 15.8. The number of hydrogen-bond donors (Lipinski definition) is 0. The zero-order chi connectivity index (χ0) is 18.0. The van der Waals surface area contributed by atoms with Crippen LogP contribution in [0, 0.1) is 5.92 Å². The predicted molar refractivity (Wildman–Crippen MR) is 96.0 cm³/mol. The smallest absolute Gasteiger partial charge is 0.340 e. The number of carbonyl (C=O) groups is 2. The van der Waals surface area contributed by atoms with E-state index in [0.717, 1.165) is 38.5 Å². The van der Waals surface area contributed by atoms with Crippen molar-refractivity contribution in [2.45, 2.75) is 84.1 Å². The molecule has 2 unspecified atom stereocenters. The van der Waals surface area contributed by atoms with E-state index >= 15 is 0 Å². The summed E-state index contributed by atoms with van der Waals surface area (Å²) in [5.74, 6) is -1.20. The van der Waals surface area contributed by atoms with Crippen LogP contribution in [-0.2, 0) is 23.2 Å². The second kappa shape index (κ2) is 11.0. The van der Waals surface area contributed by atoms with Gasteiger partial charge in [-0.15, -0.1) is 0 Å². The van der Waals surface area contributed by atoms with Crippen LogP contribution in [0.3, 0.4) is 0 Å². The van der Waals surface area contributed by atoms with Crippen molar-refractivity contribution in [2.24, 2.45) is 5.92 Å². The summed E-state index contributed by atoms with van der Waals surface area (Å²) in [4.78, 5) is 25.0. The molecule has 1 rings (SSSR count). The summed E-state index contributed by atoms with van der Waals surface area (Å²) in [5.41, 5.74) is 0. The van der Waals surface area contributed by atoms with Gasteiger partial charge in [0.1, 0.15) is 5.04 Å². The Morgan fingerprint density at radius 1 is 0.958 bits per heavy atom. The van der Waals surface area contributed by atoms with Crippen molar-refractivity contribution in [2.75, 3.05) is 13.2 Å². The number of rotatable bonds is 13. The van der Waals surface area contributed by atoms with Gasteiger partial charge in [0.15, 0.2) is 0 Å². The second-order valence-electron chi connectivity index (χ2n) is 6.62. The van der Waals surface area contributed by atoms with Crippen LogP contribution < -0.4 is 0 Å². The Morgan fingerprint density at radius 3 is 2.00 bits per heavy atom. The molecule has 0 saturated carbocycles. The lowest BCUT2D eigenvalue weighted by Crippen LogP contribution is -2.46. The summed E-state index contributed by atoms with van der Waals surface area (Å²) < 4.78 is 17.3. The molecule has 0 amide bonds. The monoisotopic (exact) mass is 358 g/mol. The van der Waals surface area contributed by atoms with Gasteiger partial charge in [-0.3, -0.25) is 9.59 Å². The van der Waals surface area contributed by atoms with Crippen molar-refractivity contribution in [1.29, 1.82) is 0 Å². The third-order valence-electron chi connectivity index (χ3n) is 4.68. The maximum Gasteiger partial charge on any atom is 0.340 e. The molecule has 1 heterocycles. The van der Waals surface area contributed by atoms with Crippen molar-refractivity contribution < 1.29 is 23.2 Å². The first-order valence-electron chi connectivity index (χ1n) is 9.57. The van der Waals surface area contributed by atoms with Crippen molar-refractivity contribution in [3.8, 4) is 0 Å². The van der Waals surface area contributed by atoms with Crippen LogP contribution in [0.15, 0.2) is 0 Å². The molecule has 0 bridgehead atoms. The minimum Gasteiger partial charge on any atom is -0.396 e. The van der Waals surface area contributed by atoms with Crippen LogP contribution in [0.5, 0.6) is 0 Å². The maximum atomic E-state index is 12.7. The minimum atomic E-state index is -2.38. The number of carbonyl (C=O) groups excluding carboxylic acids is 2. The van der Waals surface area contributed by atoms with Crippen LogP contribution in [0.25, 0.3) is 0 Å². The Balaban J connectivity index is 3.09. The summed E-state index contributed by atoms with van der Waals surface area (Å²) in [7, 11) is -2.38. The Bertz CT molecular complexity index is 391. The fraction of sp³-hybridized carbons (Fsp3) is 0.889. The molecule has 0 radical (unpaired) electrons. The topological polar surface area (TPSA) is 61.8 Å². The van der Waals surface area contributed by atoms with Crippen LogP contribution in [-0.4, -0.2) is 34.4 Å². The summed E-state index contributed by atoms with van der Waals surface area (Å²) in [5, 5.41) is -0.858. The summed E-state index contributed by atoms with van der Waals surface area (Å²) in [6.07, 6.45) is 6.83. The average Bonchev–Trinajstić information content (AvgIpc) is 2.79. The molecule has 1 aliphatic heterocycles. The van der Waals surface area contributed by atoms with E-state index in [1.807, 2.05) is 13.8 Å². The minimum absolute atomic E-state index is 0.383. The molecule has 0 aromatic rings. The lowest BCUT2D eigenvalue weighted by atomic mass is 9.86. The molecular weight excluding hydrogens is 324 g/mol. The first kappa shape index (κ1) is 21.3. The van der Waals surface area contributed by atoms with Gasteiger partial charge in [-0.2, -0.15) is 0 Å². The van der Waals surface area contributed by atoms with Gasteiger partial charge in [0.25, 0.3) is 0 Å². The SMILES string of the molecule is CCCCO[SiH](OCCCC)C1(CCC)C(=O)OC(=O)C1CCC. The first-order chi connectivity index (χ1) is 11.6. The molecule has 5 nitrogen and oxygen atoms in total. The van der Waals surface area contributed by atoms with Gasteiger partial charge in [0.05, 0.1) is 5.92 Å². The Morgan fingerprint density at radius 2 is 1.54 bits per heavy atom. The molecule has 140 valence electrons. The molecule has 1 aliphatic rings. The number of esters is 2. The average molecular weight is 359 g/mol. The lowest BCUT2D eigenvalue weighted by Gasteiger charge is -2.35. The van der Waals surface area contributed by atoms with E-state index in [0.29, 0.717) is 26.1 Å². The van der Waals surface area contributed by atoms with Gasteiger partial charge in [-0.25, -0.2) is 0 Å². The molecule has 0 aliphatic carbocycles. The van der Waals surface area contributed by atoms with Gasteiger partial charge in [-0.05, 0) is 25.7 Å². The van der Waals surface area contributed by atoms with Crippen LogP contribution in [0.4, 0.5) is 0 Å². The molecular formula is C18H34O5Si. The molecule has 24 heavy (non-hydrogen) atoms. The molecule has 0 aromatic carbocycles. The van der Waals surface area contributed by atoms with E-state index in [-0.39, 0.29) is 5.97 Å². The summed E-state index contributed by atoms with van der Waals surface area (Å²) in [6.45, 7) is 9.44. The standard InChI is InChI=1S/C18H34O5Si/c1-5-9-13-21-24(22-14-10-6-2)18(12-8-4)15(11-7-3)16(19)23-17(18)20/h15,24H,5-14H2,1-4H3. The molecule has 0 N–H and O–H groups in total. The Labute approximate surface area is 148 Å². The highest BCUT2D eigenvalue weighted by atomic mass is 28.3. The molecule has 0 spiro atoms. The molecule has 1 saturated heterocycles. The van der Waals surface area contributed by atoms with Crippen LogP contribution in [0.2, 0.25) is 5.04 Å². The number of hydrogen-bond acceptors (Lipinski definition) is 5. The normalized spacial score (nSPS) is 24.0. The molecule has 6 heteroatoms. The van der Waals surface area contributed by atoms with E-state index in [1.54, 1.807) is 0 Å². The zero-order valence-corrected chi connectivity index (χ0v) is 16.9. The van der Waals surface area contributed by atoms with Crippen LogP contribution in [0.1, 0.15) is 79.1 Å². The van der Waals surface area contributed by atoms with Crippen molar-refractivity contribution >= 4 is 21.2 Å². The number of cyclic esters (lactones) is 2. The van der Waals surface area contributed by atoms with E-state index in [1.165, 1.54) is 0 Å².